The van der Waals surface area contributed by atoms with Crippen molar-refractivity contribution in [3.63, 3.8) is 0 Å². The average molecular weight is 478 g/mol. The Balaban J connectivity index is 1.28. The number of nitrogens with zero attached hydrogens (tertiary/aromatic N) is 5. The molecule has 0 radical (unpaired) electrons. The molecule has 0 bridgehead atoms. The molecule has 3 heterocycles. The fourth-order valence-electron chi connectivity index (χ4n) is 4.05. The summed E-state index contributed by atoms with van der Waals surface area (Å²) in [4.78, 5) is 42.6. The van der Waals surface area contributed by atoms with Gasteiger partial charge in [-0.3, -0.25) is 24.6 Å². The van der Waals surface area contributed by atoms with E-state index < -0.39 is 23.4 Å². The Bertz CT molecular complexity index is 1230. The molecular weight excluding hydrogens is 454 g/mol. The van der Waals surface area contributed by atoms with Gasteiger partial charge in [0.25, 0.3) is 5.91 Å². The first-order valence-corrected chi connectivity index (χ1v) is 12.0. The maximum Gasteiger partial charge on any atom is 0.344 e. The van der Waals surface area contributed by atoms with E-state index in [4.69, 9.17) is 0 Å². The summed E-state index contributed by atoms with van der Waals surface area (Å²) in [5.41, 5.74) is 2.77. The summed E-state index contributed by atoms with van der Waals surface area (Å²) in [5, 5.41) is 12.7. The third kappa shape index (κ3) is 3.92. The van der Waals surface area contributed by atoms with E-state index in [0.29, 0.717) is 23.0 Å². The predicted molar refractivity (Wildman–Crippen MR) is 124 cm³/mol. The second-order valence-corrected chi connectivity index (χ2v) is 9.11. The molecule has 1 aliphatic carbocycles. The van der Waals surface area contributed by atoms with Crippen molar-refractivity contribution in [1.82, 2.24) is 35.5 Å². The van der Waals surface area contributed by atoms with Crippen molar-refractivity contribution in [1.29, 1.82) is 0 Å². The van der Waals surface area contributed by atoms with Crippen LogP contribution < -0.4 is 10.7 Å². The monoisotopic (exact) mass is 477 g/mol. The largest absolute Gasteiger partial charge is 0.344 e. The van der Waals surface area contributed by atoms with E-state index in [0.717, 1.165) is 23.4 Å². The van der Waals surface area contributed by atoms with E-state index in [2.05, 4.69) is 25.9 Å². The first kappa shape index (κ1) is 22.1. The number of benzene rings is 1. The number of hydrazine groups is 1. The van der Waals surface area contributed by atoms with Crippen molar-refractivity contribution in [2.45, 2.75) is 42.9 Å². The number of thioether (sulfide) groups is 1. The lowest BCUT2D eigenvalue weighted by molar-refractivity contribution is -0.138. The zero-order chi connectivity index (χ0) is 23.7. The fourth-order valence-corrected chi connectivity index (χ4v) is 4.85. The number of amides is 4. The van der Waals surface area contributed by atoms with E-state index in [1.165, 1.54) is 11.8 Å². The van der Waals surface area contributed by atoms with Crippen LogP contribution in [-0.4, -0.2) is 48.4 Å². The molecule has 1 saturated carbocycles. The van der Waals surface area contributed by atoms with Gasteiger partial charge in [-0.2, -0.15) is 5.01 Å². The Kier molecular flexibility index (Phi) is 5.78. The van der Waals surface area contributed by atoms with Crippen LogP contribution in [0.1, 0.15) is 37.8 Å². The van der Waals surface area contributed by atoms with Gasteiger partial charge in [0.15, 0.2) is 11.0 Å². The Morgan fingerprint density at radius 3 is 2.65 bits per heavy atom. The van der Waals surface area contributed by atoms with Crippen LogP contribution in [-0.2, 0) is 15.1 Å². The molecule has 2 fully saturated rings. The third-order valence-electron chi connectivity index (χ3n) is 5.95. The summed E-state index contributed by atoms with van der Waals surface area (Å²) in [6.45, 7) is 1.82. The molecule has 10 nitrogen and oxygen atoms in total. The van der Waals surface area contributed by atoms with Crippen molar-refractivity contribution >= 4 is 29.6 Å². The Hall–Kier alpha value is -3.73. The molecule has 2 aliphatic rings. The molecule has 3 aromatic rings. The highest BCUT2D eigenvalue weighted by molar-refractivity contribution is 7.99. The van der Waals surface area contributed by atoms with E-state index >= 15 is 0 Å². The van der Waals surface area contributed by atoms with E-state index in [1.54, 1.807) is 36.7 Å². The molecule has 2 N–H and O–H groups in total. The molecule has 4 amide bonds. The second-order valence-electron chi connectivity index (χ2n) is 8.17. The molecule has 1 aliphatic heterocycles. The van der Waals surface area contributed by atoms with Crippen molar-refractivity contribution in [3.8, 4) is 11.4 Å². The van der Waals surface area contributed by atoms with Crippen LogP contribution in [0, 0.1) is 0 Å². The maximum absolute atomic E-state index is 13.2. The lowest BCUT2D eigenvalue weighted by atomic mass is 9.87. The molecule has 0 spiro atoms. The van der Waals surface area contributed by atoms with Gasteiger partial charge in [0.2, 0.25) is 5.91 Å². The molecule has 1 aromatic carbocycles. The van der Waals surface area contributed by atoms with Crippen LogP contribution in [0.4, 0.5) is 4.79 Å². The summed E-state index contributed by atoms with van der Waals surface area (Å²) in [6, 6.07) is 12.4. The SMILES string of the molecule is CC[C@]1(c2ccccc2)NC(=O)N(NC(=O)CSc2nnc(-c3cccnc3)n2C2CC2)C1=O. The molecular formula is C23H23N7O3S. The molecule has 11 heteroatoms. The summed E-state index contributed by atoms with van der Waals surface area (Å²) in [5.74, 6) is -0.311. The topological polar surface area (TPSA) is 122 Å². The van der Waals surface area contributed by atoms with Gasteiger partial charge in [0, 0.05) is 24.0 Å². The number of carbonyl (C=O) groups is 3. The predicted octanol–water partition coefficient (Wildman–Crippen LogP) is 2.66. The van der Waals surface area contributed by atoms with Gasteiger partial charge in [-0.15, -0.1) is 10.2 Å². The van der Waals surface area contributed by atoms with Crippen LogP contribution in [0.15, 0.2) is 60.0 Å². The van der Waals surface area contributed by atoms with E-state index in [-0.39, 0.29) is 11.8 Å². The highest BCUT2D eigenvalue weighted by Crippen LogP contribution is 2.41. The summed E-state index contributed by atoms with van der Waals surface area (Å²) in [7, 11) is 0. The van der Waals surface area contributed by atoms with Crippen LogP contribution >= 0.6 is 11.8 Å². The average Bonchev–Trinajstić information content (AvgIpc) is 3.58. The lowest BCUT2D eigenvalue weighted by Gasteiger charge is -2.25. The van der Waals surface area contributed by atoms with Crippen LogP contribution in [0.25, 0.3) is 11.4 Å². The first-order valence-electron chi connectivity index (χ1n) is 11.0. The molecule has 1 saturated heterocycles. The molecule has 5 rings (SSSR count). The number of pyridine rings is 1. The minimum atomic E-state index is -1.20. The minimum absolute atomic E-state index is 0.0284. The summed E-state index contributed by atoms with van der Waals surface area (Å²) >= 11 is 1.21. The quantitative estimate of drug-likeness (QED) is 0.378. The summed E-state index contributed by atoms with van der Waals surface area (Å²) < 4.78 is 2.03. The van der Waals surface area contributed by atoms with E-state index in [9.17, 15) is 14.4 Å². The number of carbonyl (C=O) groups excluding carboxylic acids is 3. The number of urea groups is 1. The molecule has 34 heavy (non-hydrogen) atoms. The normalized spacial score (nSPS) is 19.9. The number of rotatable bonds is 8. The molecule has 1 atom stereocenters. The number of imide groups is 1. The lowest BCUT2D eigenvalue weighted by Crippen LogP contribution is -2.49. The smallest absolute Gasteiger partial charge is 0.318 e. The van der Waals surface area contributed by atoms with Gasteiger partial charge in [-0.05, 0) is 37.0 Å². The standard InChI is InChI=1S/C23H23N7O3S/c1-2-23(16-8-4-3-5-9-16)20(32)30(21(33)25-23)28-18(31)14-34-22-27-26-19(29(22)17-10-11-17)15-7-6-12-24-13-15/h3-9,12-13,17H,2,10-11,14H2,1H3,(H,25,33)(H,28,31)/t23-/m1/s1. The Morgan fingerprint density at radius 2 is 1.97 bits per heavy atom. The third-order valence-corrected chi connectivity index (χ3v) is 6.90. The number of hydrogen-bond acceptors (Lipinski definition) is 7. The van der Waals surface area contributed by atoms with Gasteiger partial charge < -0.3 is 5.32 Å². The van der Waals surface area contributed by atoms with Crippen LogP contribution in [0.2, 0.25) is 0 Å². The van der Waals surface area contributed by atoms with Gasteiger partial charge in [0.1, 0.15) is 5.54 Å². The molecule has 2 aromatic heterocycles. The van der Waals surface area contributed by atoms with Crippen LogP contribution in [0.5, 0.6) is 0 Å². The molecule has 0 unspecified atom stereocenters. The van der Waals surface area contributed by atoms with E-state index in [1.807, 2.05) is 29.7 Å². The number of hydrogen-bond donors (Lipinski definition) is 2. The first-order chi connectivity index (χ1) is 16.5. The maximum atomic E-state index is 13.2. The zero-order valence-electron chi connectivity index (χ0n) is 18.5. The molecule has 174 valence electrons. The van der Waals surface area contributed by atoms with Gasteiger partial charge >= 0.3 is 6.03 Å². The number of aromatic nitrogens is 4. The number of nitrogens with one attached hydrogen (secondary N) is 2. The zero-order valence-corrected chi connectivity index (χ0v) is 19.3. The van der Waals surface area contributed by atoms with Crippen molar-refractivity contribution in [2.75, 3.05) is 5.75 Å². The fraction of sp³-hybridized carbons (Fsp3) is 0.304. The second kappa shape index (κ2) is 8.90. The van der Waals surface area contributed by atoms with Gasteiger partial charge in [-0.25, -0.2) is 4.79 Å². The summed E-state index contributed by atoms with van der Waals surface area (Å²) in [6.07, 6.45) is 5.82. The highest BCUT2D eigenvalue weighted by atomic mass is 32.2. The van der Waals surface area contributed by atoms with Crippen molar-refractivity contribution < 1.29 is 14.4 Å². The Morgan fingerprint density at radius 1 is 1.18 bits per heavy atom. The minimum Gasteiger partial charge on any atom is -0.318 e. The van der Waals surface area contributed by atoms with Crippen molar-refractivity contribution in [3.05, 3.63) is 60.4 Å². The van der Waals surface area contributed by atoms with Gasteiger partial charge in [-0.1, -0.05) is 49.0 Å². The van der Waals surface area contributed by atoms with Crippen LogP contribution in [0.3, 0.4) is 0 Å². The Labute approximate surface area is 200 Å². The highest BCUT2D eigenvalue weighted by Gasteiger charge is 2.52. The van der Waals surface area contributed by atoms with Crippen molar-refractivity contribution in [2.24, 2.45) is 0 Å². The van der Waals surface area contributed by atoms with Gasteiger partial charge in [0.05, 0.1) is 5.75 Å².